The fourth-order valence-corrected chi connectivity index (χ4v) is 3.59. The molecule has 112 valence electrons. The van der Waals surface area contributed by atoms with E-state index in [0.29, 0.717) is 6.04 Å². The number of hydrogen-bond acceptors (Lipinski definition) is 3. The third-order valence-corrected chi connectivity index (χ3v) is 4.86. The maximum atomic E-state index is 5.87. The van der Waals surface area contributed by atoms with Crippen LogP contribution in [-0.2, 0) is 0 Å². The molecule has 1 unspecified atom stereocenters. The molecular formula is C16H33N3. The highest BCUT2D eigenvalue weighted by atomic mass is 15.3. The lowest BCUT2D eigenvalue weighted by atomic mass is 9.74. The Morgan fingerprint density at radius 3 is 2.42 bits per heavy atom. The van der Waals surface area contributed by atoms with Crippen molar-refractivity contribution in [3.8, 4) is 0 Å². The zero-order valence-corrected chi connectivity index (χ0v) is 13.0. The van der Waals surface area contributed by atoms with E-state index in [1.54, 1.807) is 0 Å². The third-order valence-electron chi connectivity index (χ3n) is 4.86. The number of nitrogens with zero attached hydrogens (tertiary/aromatic N) is 1. The molecule has 0 bridgehead atoms. The van der Waals surface area contributed by atoms with E-state index in [1.807, 2.05) is 6.08 Å². The summed E-state index contributed by atoms with van der Waals surface area (Å²) >= 11 is 0. The first-order valence-corrected chi connectivity index (χ1v) is 7.92. The summed E-state index contributed by atoms with van der Waals surface area (Å²) in [5.74, 6) is 5.87. The van der Waals surface area contributed by atoms with Crippen LogP contribution in [0.4, 0.5) is 0 Å². The highest BCUT2D eigenvalue weighted by Gasteiger charge is 2.40. The SMILES string of the molecule is C=CCCCCCC(NN)C1(N(C)C)CCCCC1. The van der Waals surface area contributed by atoms with E-state index in [1.165, 1.54) is 57.8 Å². The van der Waals surface area contributed by atoms with Crippen LogP contribution in [-0.4, -0.2) is 30.6 Å². The van der Waals surface area contributed by atoms with Crippen molar-refractivity contribution in [1.29, 1.82) is 0 Å². The van der Waals surface area contributed by atoms with Crippen molar-refractivity contribution in [2.24, 2.45) is 5.84 Å². The van der Waals surface area contributed by atoms with Crippen molar-refractivity contribution < 1.29 is 0 Å². The lowest BCUT2D eigenvalue weighted by Gasteiger charge is -2.48. The molecule has 1 rings (SSSR count). The van der Waals surface area contributed by atoms with Crippen LogP contribution in [0.25, 0.3) is 0 Å². The van der Waals surface area contributed by atoms with Gasteiger partial charge >= 0.3 is 0 Å². The molecule has 3 nitrogen and oxygen atoms in total. The molecule has 0 spiro atoms. The quantitative estimate of drug-likeness (QED) is 0.292. The predicted molar refractivity (Wildman–Crippen MR) is 83.9 cm³/mol. The van der Waals surface area contributed by atoms with Gasteiger partial charge in [-0.1, -0.05) is 38.2 Å². The zero-order valence-electron chi connectivity index (χ0n) is 13.0. The van der Waals surface area contributed by atoms with Crippen LogP contribution in [0, 0.1) is 0 Å². The zero-order chi connectivity index (χ0) is 14.1. The molecule has 0 aliphatic heterocycles. The minimum atomic E-state index is 0.269. The van der Waals surface area contributed by atoms with Crippen molar-refractivity contribution >= 4 is 0 Å². The van der Waals surface area contributed by atoms with Crippen LogP contribution < -0.4 is 11.3 Å². The molecule has 3 heteroatoms. The van der Waals surface area contributed by atoms with Gasteiger partial charge in [-0.05, 0) is 46.2 Å². The molecule has 0 radical (unpaired) electrons. The number of hydrogen-bond donors (Lipinski definition) is 2. The molecule has 0 saturated heterocycles. The minimum Gasteiger partial charge on any atom is -0.302 e. The Morgan fingerprint density at radius 2 is 1.89 bits per heavy atom. The fourth-order valence-electron chi connectivity index (χ4n) is 3.59. The fraction of sp³-hybridized carbons (Fsp3) is 0.875. The summed E-state index contributed by atoms with van der Waals surface area (Å²) in [4.78, 5) is 2.42. The summed E-state index contributed by atoms with van der Waals surface area (Å²) in [6.07, 6.45) is 14.8. The number of allylic oxidation sites excluding steroid dienone is 1. The van der Waals surface area contributed by atoms with E-state index in [4.69, 9.17) is 5.84 Å². The summed E-state index contributed by atoms with van der Waals surface area (Å²) in [6.45, 7) is 3.78. The van der Waals surface area contributed by atoms with Gasteiger partial charge in [0.25, 0.3) is 0 Å². The van der Waals surface area contributed by atoms with Gasteiger partial charge in [-0.3, -0.25) is 11.3 Å². The average molecular weight is 267 g/mol. The van der Waals surface area contributed by atoms with E-state index < -0.39 is 0 Å². The summed E-state index contributed by atoms with van der Waals surface area (Å²) in [5, 5.41) is 0. The van der Waals surface area contributed by atoms with Gasteiger partial charge in [0.05, 0.1) is 0 Å². The molecule has 3 N–H and O–H groups in total. The second-order valence-electron chi connectivity index (χ2n) is 6.20. The smallest absolute Gasteiger partial charge is 0.0394 e. The Labute approximate surface area is 119 Å². The van der Waals surface area contributed by atoms with E-state index in [9.17, 15) is 0 Å². The summed E-state index contributed by atoms with van der Waals surface area (Å²) in [6, 6.07) is 0.423. The van der Waals surface area contributed by atoms with Gasteiger partial charge in [0.1, 0.15) is 0 Å². The molecule has 1 aliphatic rings. The van der Waals surface area contributed by atoms with Crippen LogP contribution in [0.2, 0.25) is 0 Å². The van der Waals surface area contributed by atoms with Crippen molar-refractivity contribution in [1.82, 2.24) is 10.3 Å². The number of unbranched alkanes of at least 4 members (excludes halogenated alkanes) is 3. The van der Waals surface area contributed by atoms with Gasteiger partial charge in [-0.15, -0.1) is 6.58 Å². The standard InChI is InChI=1S/C16H33N3/c1-4-5-6-7-9-12-15(18-17)16(19(2)3)13-10-8-11-14-16/h4,15,18H,1,5-14,17H2,2-3H3. The first-order valence-electron chi connectivity index (χ1n) is 7.92. The molecule has 0 aromatic rings. The van der Waals surface area contributed by atoms with Gasteiger partial charge < -0.3 is 4.90 Å². The Morgan fingerprint density at radius 1 is 1.21 bits per heavy atom. The van der Waals surface area contributed by atoms with Crippen LogP contribution in [0.3, 0.4) is 0 Å². The van der Waals surface area contributed by atoms with E-state index in [2.05, 4.69) is 31.0 Å². The predicted octanol–water partition coefficient (Wildman–Crippen LogP) is 3.22. The van der Waals surface area contributed by atoms with Crippen LogP contribution in [0.5, 0.6) is 0 Å². The Balaban J connectivity index is 2.51. The number of likely N-dealkylation sites (N-methyl/N-ethyl adjacent to an activating group) is 1. The van der Waals surface area contributed by atoms with E-state index in [0.717, 1.165) is 6.42 Å². The molecule has 0 amide bonds. The highest BCUT2D eigenvalue weighted by molar-refractivity contribution is 4.99. The van der Waals surface area contributed by atoms with Gasteiger partial charge in [-0.25, -0.2) is 0 Å². The number of nitrogens with one attached hydrogen (secondary N) is 1. The topological polar surface area (TPSA) is 41.3 Å². The maximum absolute atomic E-state index is 5.87. The van der Waals surface area contributed by atoms with Crippen LogP contribution in [0.1, 0.15) is 64.2 Å². The van der Waals surface area contributed by atoms with Crippen molar-refractivity contribution in [2.45, 2.75) is 75.8 Å². The minimum absolute atomic E-state index is 0.269. The van der Waals surface area contributed by atoms with Crippen molar-refractivity contribution in [2.75, 3.05) is 14.1 Å². The Hall–Kier alpha value is -0.380. The molecule has 1 fully saturated rings. The number of nitrogens with two attached hydrogens (primary N) is 1. The third kappa shape index (κ3) is 4.59. The molecule has 19 heavy (non-hydrogen) atoms. The van der Waals surface area contributed by atoms with E-state index >= 15 is 0 Å². The summed E-state index contributed by atoms with van der Waals surface area (Å²) in [7, 11) is 4.43. The van der Waals surface area contributed by atoms with Crippen molar-refractivity contribution in [3.05, 3.63) is 12.7 Å². The Kier molecular flexibility index (Phi) is 7.66. The Bertz CT molecular complexity index is 244. The maximum Gasteiger partial charge on any atom is 0.0394 e. The van der Waals surface area contributed by atoms with Crippen LogP contribution in [0.15, 0.2) is 12.7 Å². The summed E-state index contributed by atoms with van der Waals surface area (Å²) < 4.78 is 0. The molecule has 0 aromatic heterocycles. The molecule has 1 atom stereocenters. The first kappa shape index (κ1) is 16.7. The molecule has 1 aliphatic carbocycles. The second-order valence-corrected chi connectivity index (χ2v) is 6.20. The van der Waals surface area contributed by atoms with Gasteiger partial charge in [0.15, 0.2) is 0 Å². The van der Waals surface area contributed by atoms with Gasteiger partial charge in [0.2, 0.25) is 0 Å². The van der Waals surface area contributed by atoms with Crippen molar-refractivity contribution in [3.63, 3.8) is 0 Å². The van der Waals surface area contributed by atoms with Crippen LogP contribution >= 0.6 is 0 Å². The largest absolute Gasteiger partial charge is 0.302 e. The number of rotatable bonds is 9. The molecule has 1 saturated carbocycles. The monoisotopic (exact) mass is 267 g/mol. The highest BCUT2D eigenvalue weighted by Crippen LogP contribution is 2.36. The second kappa shape index (κ2) is 8.72. The summed E-state index contributed by atoms with van der Waals surface area (Å²) in [5.41, 5.74) is 3.39. The molecular weight excluding hydrogens is 234 g/mol. The average Bonchev–Trinajstić information content (AvgIpc) is 2.43. The van der Waals surface area contributed by atoms with Gasteiger partial charge in [0, 0.05) is 11.6 Å². The van der Waals surface area contributed by atoms with Gasteiger partial charge in [-0.2, -0.15) is 0 Å². The first-order chi connectivity index (χ1) is 9.17. The molecule has 0 heterocycles. The van der Waals surface area contributed by atoms with E-state index in [-0.39, 0.29) is 5.54 Å². The lowest BCUT2D eigenvalue weighted by Crippen LogP contribution is -2.61. The normalized spacial score (nSPS) is 20.4. The molecule has 0 aromatic carbocycles. The lowest BCUT2D eigenvalue weighted by molar-refractivity contribution is 0.0524. The number of hydrazine groups is 1.